The quantitative estimate of drug-likeness (QED) is 0.690. The topological polar surface area (TPSA) is 81.1 Å². The van der Waals surface area contributed by atoms with E-state index in [0.29, 0.717) is 22.9 Å². The lowest BCUT2D eigenvalue weighted by atomic mass is 10.2. The van der Waals surface area contributed by atoms with E-state index in [-0.39, 0.29) is 12.0 Å². The third-order valence-electron chi connectivity index (χ3n) is 4.14. The van der Waals surface area contributed by atoms with Crippen molar-refractivity contribution in [2.45, 2.75) is 18.9 Å². The first-order valence-corrected chi connectivity index (χ1v) is 9.24. The average molecular weight is 367 g/mol. The fraction of sp³-hybridized carbons (Fsp3) is 0.278. The van der Waals surface area contributed by atoms with Gasteiger partial charge in [-0.15, -0.1) is 11.3 Å². The maximum absolute atomic E-state index is 13.1. The monoisotopic (exact) mass is 367 g/mol. The van der Waals surface area contributed by atoms with Gasteiger partial charge in [0.05, 0.1) is 18.8 Å². The Morgan fingerprint density at radius 3 is 2.85 bits per heavy atom. The highest BCUT2D eigenvalue weighted by molar-refractivity contribution is 7.13. The van der Waals surface area contributed by atoms with Gasteiger partial charge in [0, 0.05) is 42.5 Å². The number of hydrogen-bond acceptors (Lipinski definition) is 7. The molecular weight excluding hydrogens is 350 g/mol. The summed E-state index contributed by atoms with van der Waals surface area (Å²) >= 11 is 1.38. The van der Waals surface area contributed by atoms with E-state index < -0.39 is 0 Å². The Morgan fingerprint density at radius 2 is 2.12 bits per heavy atom. The zero-order valence-corrected chi connectivity index (χ0v) is 14.8. The number of aromatic nitrogens is 4. The van der Waals surface area contributed by atoms with Gasteiger partial charge in [0.2, 0.25) is 0 Å². The molecular formula is C18H17N5O2S. The predicted octanol–water partition coefficient (Wildman–Crippen LogP) is 2.82. The van der Waals surface area contributed by atoms with E-state index in [1.54, 1.807) is 41.3 Å². The molecule has 1 unspecified atom stereocenters. The van der Waals surface area contributed by atoms with Crippen molar-refractivity contribution >= 4 is 22.9 Å². The van der Waals surface area contributed by atoms with Crippen LogP contribution in [0.3, 0.4) is 0 Å². The second-order valence-corrected chi connectivity index (χ2v) is 6.74. The summed E-state index contributed by atoms with van der Waals surface area (Å²) in [6.45, 7) is 1.25. The van der Waals surface area contributed by atoms with Crippen LogP contribution in [0.5, 0.6) is 0 Å². The van der Waals surface area contributed by atoms with Gasteiger partial charge in [-0.1, -0.05) is 0 Å². The number of anilines is 1. The summed E-state index contributed by atoms with van der Waals surface area (Å²) in [5.41, 5.74) is 1.84. The van der Waals surface area contributed by atoms with Crippen molar-refractivity contribution in [2.75, 3.05) is 18.1 Å². The summed E-state index contributed by atoms with van der Waals surface area (Å²) in [6.07, 6.45) is 10.2. The van der Waals surface area contributed by atoms with Crippen LogP contribution < -0.4 is 4.90 Å². The first-order valence-electron chi connectivity index (χ1n) is 8.36. The molecule has 1 aliphatic heterocycles. The van der Waals surface area contributed by atoms with Crippen molar-refractivity contribution in [3.8, 4) is 10.7 Å². The summed E-state index contributed by atoms with van der Waals surface area (Å²) in [5, 5.41) is 2.43. The van der Waals surface area contributed by atoms with Crippen LogP contribution in [0.4, 0.5) is 5.69 Å². The minimum absolute atomic E-state index is 0.0465. The number of ether oxygens (including phenoxy) is 1. The number of carbonyl (C=O) groups is 1. The number of amides is 1. The fourth-order valence-electron chi connectivity index (χ4n) is 2.86. The Labute approximate surface area is 154 Å². The van der Waals surface area contributed by atoms with Crippen LogP contribution in [-0.4, -0.2) is 45.1 Å². The smallest absolute Gasteiger partial charge is 0.277 e. The maximum Gasteiger partial charge on any atom is 0.277 e. The van der Waals surface area contributed by atoms with Gasteiger partial charge < -0.3 is 9.64 Å². The molecule has 0 N–H and O–H groups in total. The second-order valence-electron chi connectivity index (χ2n) is 5.88. The van der Waals surface area contributed by atoms with Gasteiger partial charge in [0.1, 0.15) is 16.4 Å². The molecule has 4 rings (SSSR count). The molecule has 26 heavy (non-hydrogen) atoms. The van der Waals surface area contributed by atoms with Crippen LogP contribution in [0.2, 0.25) is 0 Å². The van der Waals surface area contributed by atoms with E-state index >= 15 is 0 Å². The average Bonchev–Trinajstić information content (AvgIpc) is 3.39. The Kier molecular flexibility index (Phi) is 4.94. The Morgan fingerprint density at radius 1 is 1.23 bits per heavy atom. The molecule has 1 fully saturated rings. The van der Waals surface area contributed by atoms with Gasteiger partial charge in [0.15, 0.2) is 0 Å². The lowest BCUT2D eigenvalue weighted by Gasteiger charge is -2.24. The lowest BCUT2D eigenvalue weighted by Crippen LogP contribution is -2.37. The highest BCUT2D eigenvalue weighted by Gasteiger charge is 2.26. The molecule has 8 heteroatoms. The number of pyridine rings is 1. The molecule has 0 saturated carbocycles. The van der Waals surface area contributed by atoms with Gasteiger partial charge in [-0.05, 0) is 25.0 Å². The molecule has 3 aromatic rings. The summed E-state index contributed by atoms with van der Waals surface area (Å²) < 4.78 is 5.72. The van der Waals surface area contributed by atoms with Crippen LogP contribution in [0.1, 0.15) is 23.3 Å². The molecule has 0 bridgehead atoms. The van der Waals surface area contributed by atoms with Crippen molar-refractivity contribution in [1.29, 1.82) is 0 Å². The molecule has 4 heterocycles. The van der Waals surface area contributed by atoms with Gasteiger partial charge in [0.25, 0.3) is 5.91 Å². The van der Waals surface area contributed by atoms with Gasteiger partial charge >= 0.3 is 0 Å². The van der Waals surface area contributed by atoms with E-state index in [0.717, 1.165) is 25.1 Å². The second kappa shape index (κ2) is 7.67. The molecule has 0 aromatic carbocycles. The van der Waals surface area contributed by atoms with Crippen molar-refractivity contribution in [3.63, 3.8) is 0 Å². The zero-order chi connectivity index (χ0) is 17.8. The minimum atomic E-state index is -0.155. The standard InChI is InChI=1S/C18H17N5O2S/c24-18(16-12-26-17(22-16)15-10-20-7-8-21-15)23(11-14-2-1-9-25-14)13-3-5-19-6-4-13/h3-8,10,12,14H,1-2,9,11H2. The predicted molar refractivity (Wildman–Crippen MR) is 98.0 cm³/mol. The largest absolute Gasteiger partial charge is 0.376 e. The normalized spacial score (nSPS) is 16.5. The molecule has 1 amide bonds. The molecule has 0 spiro atoms. The summed E-state index contributed by atoms with van der Waals surface area (Å²) in [4.78, 5) is 31.7. The summed E-state index contributed by atoms with van der Waals surface area (Å²) in [5.74, 6) is -0.155. The first-order chi connectivity index (χ1) is 12.8. The molecule has 1 saturated heterocycles. The SMILES string of the molecule is O=C(c1csc(-c2cnccn2)n1)N(CC1CCCO1)c1ccncc1. The molecule has 1 aliphatic rings. The third kappa shape index (κ3) is 3.61. The summed E-state index contributed by atoms with van der Waals surface area (Å²) in [6, 6.07) is 3.64. The lowest BCUT2D eigenvalue weighted by molar-refractivity contribution is 0.0914. The van der Waals surface area contributed by atoms with Crippen molar-refractivity contribution in [3.05, 3.63) is 54.2 Å². The van der Waals surface area contributed by atoms with Crippen LogP contribution >= 0.6 is 11.3 Å². The van der Waals surface area contributed by atoms with Gasteiger partial charge in [-0.25, -0.2) is 4.98 Å². The van der Waals surface area contributed by atoms with Crippen molar-refractivity contribution in [1.82, 2.24) is 19.9 Å². The van der Waals surface area contributed by atoms with Gasteiger partial charge in [-0.2, -0.15) is 0 Å². The van der Waals surface area contributed by atoms with E-state index in [1.165, 1.54) is 11.3 Å². The van der Waals surface area contributed by atoms with E-state index in [9.17, 15) is 4.79 Å². The van der Waals surface area contributed by atoms with Crippen LogP contribution in [0.25, 0.3) is 10.7 Å². The van der Waals surface area contributed by atoms with Crippen molar-refractivity contribution in [2.24, 2.45) is 0 Å². The Bertz CT molecular complexity index is 866. The highest BCUT2D eigenvalue weighted by atomic mass is 32.1. The van der Waals surface area contributed by atoms with Crippen molar-refractivity contribution < 1.29 is 9.53 Å². The number of thiazole rings is 1. The van der Waals surface area contributed by atoms with E-state index in [4.69, 9.17) is 4.74 Å². The number of nitrogens with zero attached hydrogens (tertiary/aromatic N) is 5. The maximum atomic E-state index is 13.1. The minimum Gasteiger partial charge on any atom is -0.376 e. The Hall–Kier alpha value is -2.71. The number of hydrogen-bond donors (Lipinski definition) is 0. The molecule has 3 aromatic heterocycles. The number of carbonyl (C=O) groups excluding carboxylic acids is 1. The Balaban J connectivity index is 1.61. The fourth-order valence-corrected chi connectivity index (χ4v) is 3.61. The van der Waals surface area contributed by atoms with E-state index in [1.807, 2.05) is 12.1 Å². The summed E-state index contributed by atoms with van der Waals surface area (Å²) in [7, 11) is 0. The molecule has 1 atom stereocenters. The number of rotatable bonds is 5. The molecule has 7 nitrogen and oxygen atoms in total. The van der Waals surface area contributed by atoms with Crippen LogP contribution in [-0.2, 0) is 4.74 Å². The third-order valence-corrected chi connectivity index (χ3v) is 5.00. The zero-order valence-electron chi connectivity index (χ0n) is 14.0. The van der Waals surface area contributed by atoms with Gasteiger partial charge in [-0.3, -0.25) is 19.7 Å². The molecule has 0 aliphatic carbocycles. The molecule has 132 valence electrons. The van der Waals surface area contributed by atoms with Crippen LogP contribution in [0, 0.1) is 0 Å². The molecule has 0 radical (unpaired) electrons. The van der Waals surface area contributed by atoms with E-state index in [2.05, 4.69) is 19.9 Å². The highest BCUT2D eigenvalue weighted by Crippen LogP contribution is 2.25. The first kappa shape index (κ1) is 16.7. The van der Waals surface area contributed by atoms with Crippen LogP contribution in [0.15, 0.2) is 48.5 Å².